The fourth-order valence-electron chi connectivity index (χ4n) is 0. The molecule has 0 aromatic rings. The van der Waals surface area contributed by atoms with Crippen LogP contribution in [0.25, 0.3) is 0 Å². The Morgan fingerprint density at radius 3 is 1.50 bits per heavy atom. The summed E-state index contributed by atoms with van der Waals surface area (Å²) in [6.45, 7) is 0. The van der Waals surface area contributed by atoms with Gasteiger partial charge in [0.05, 0.1) is 0 Å². The molecule has 0 aromatic heterocycles. The molecule has 0 fully saturated rings. The van der Waals surface area contributed by atoms with Crippen LogP contribution in [0.5, 0.6) is 0 Å². The van der Waals surface area contributed by atoms with Crippen LogP contribution in [0, 0.1) is 0 Å². The van der Waals surface area contributed by atoms with Gasteiger partial charge in [-0.25, -0.2) is 0 Å². The van der Waals surface area contributed by atoms with Crippen molar-refractivity contribution < 1.29 is 56.9 Å². The van der Waals surface area contributed by atoms with E-state index in [2.05, 4.69) is 15.7 Å². The first-order chi connectivity index (χ1) is 1.00. The predicted molar refractivity (Wildman–Crippen MR) is 1.80 cm³/mol. The van der Waals surface area contributed by atoms with Gasteiger partial charge in [0.25, 0.3) is 0 Å². The Morgan fingerprint density at radius 2 is 1.50 bits per heavy atom. The molecule has 1 nitrogen and oxygen atoms in total. The van der Waals surface area contributed by atoms with E-state index in [1.165, 1.54) is 0 Å². The molecule has 0 unspecified atom stereocenters. The third-order valence-electron chi connectivity index (χ3n) is 0. The van der Waals surface area contributed by atoms with Crippen molar-refractivity contribution >= 4 is 0 Å². The molecule has 0 N–H and O–H groups in total. The summed E-state index contributed by atoms with van der Waals surface area (Å²) in [5.74, 6) is 0. The first-order valence-electron chi connectivity index (χ1n) is 0.136. The number of rotatable bonds is 0. The Morgan fingerprint density at radius 1 is 1.50 bits per heavy atom. The standard InChI is InChI=1S/Co.Fe.Li.O.H/q;;+1;;-1. The fourth-order valence-corrected chi connectivity index (χ4v) is 0. The molecule has 0 atom stereocenters. The molecule has 0 spiro atoms. The topological polar surface area (TPSA) is 17.1 Å². The van der Waals surface area contributed by atoms with E-state index in [-0.39, 0.29) is 37.4 Å². The Balaban J connectivity index is -0.00000000167. The number of hydrogen-bond acceptors (Lipinski definition) is 1. The van der Waals surface area contributed by atoms with Gasteiger partial charge in [-0.2, -0.15) is 0 Å². The van der Waals surface area contributed by atoms with Gasteiger partial charge in [-0.15, -0.1) is 0 Å². The van der Waals surface area contributed by atoms with Crippen molar-refractivity contribution in [2.24, 2.45) is 0 Å². The third kappa shape index (κ3) is 9.92. The van der Waals surface area contributed by atoms with Gasteiger partial charge in [-0.05, 0) is 0 Å². The van der Waals surface area contributed by atoms with Crippen LogP contribution in [0.2, 0.25) is 0 Å². The second-order valence-electron chi connectivity index (χ2n) is 0. The molecule has 4 heavy (non-hydrogen) atoms. The first-order valence-corrected chi connectivity index (χ1v) is 0.561. The molecule has 0 heterocycles. The summed E-state index contributed by atoms with van der Waals surface area (Å²) >= 11 is 2.31. The molecular formula is HCoFeLiO. The minimum absolute atomic E-state index is 0. The van der Waals surface area contributed by atoms with Crippen LogP contribution in [0.4, 0.5) is 0 Å². The van der Waals surface area contributed by atoms with Crippen LogP contribution in [-0.2, 0) is 36.6 Å². The zero-order valence-electron chi connectivity index (χ0n) is 3.10. The zero-order chi connectivity index (χ0) is 2.00. The van der Waals surface area contributed by atoms with Gasteiger partial charge >= 0.3 is 38.4 Å². The van der Waals surface area contributed by atoms with E-state index >= 15 is 0 Å². The molecule has 4 heteroatoms. The average Bonchev–Trinajstić information content (AvgIpc) is 1.00. The van der Waals surface area contributed by atoms with Crippen molar-refractivity contribution in [1.82, 2.24) is 0 Å². The van der Waals surface area contributed by atoms with E-state index in [0.717, 1.165) is 0 Å². The van der Waals surface area contributed by atoms with Gasteiger partial charge in [0.15, 0.2) is 0 Å². The van der Waals surface area contributed by atoms with Gasteiger partial charge in [0.1, 0.15) is 0 Å². The van der Waals surface area contributed by atoms with Crippen molar-refractivity contribution in [2.45, 2.75) is 0 Å². The summed E-state index contributed by atoms with van der Waals surface area (Å²) in [6.07, 6.45) is 0. The molecule has 0 saturated heterocycles. The molecule has 0 saturated carbocycles. The van der Waals surface area contributed by atoms with Gasteiger partial charge in [0, 0.05) is 17.1 Å². The zero-order valence-corrected chi connectivity index (χ0v) is 4.24. The molecule has 0 aliphatic rings. The molecule has 0 bridgehead atoms. The van der Waals surface area contributed by atoms with Crippen LogP contribution in [0.1, 0.15) is 1.43 Å². The van der Waals surface area contributed by atoms with Crippen LogP contribution in [0.3, 0.4) is 0 Å². The first kappa shape index (κ1) is 18.1. The Kier molecular flexibility index (Phi) is 116. The van der Waals surface area contributed by atoms with Crippen LogP contribution >= 0.6 is 0 Å². The van der Waals surface area contributed by atoms with E-state index < -0.39 is 0 Å². The minimum atomic E-state index is 0. The maximum absolute atomic E-state index is 7.94. The molecule has 0 rings (SSSR count). The molecular weight excluding hydrogens is 138 g/mol. The Labute approximate surface area is 56.8 Å². The average molecular weight is 139 g/mol. The summed E-state index contributed by atoms with van der Waals surface area (Å²) in [7, 11) is 0. The number of hydrogen-bond donors (Lipinski definition) is 0. The normalized spacial score (nSPS) is 1.25. The van der Waals surface area contributed by atoms with Crippen molar-refractivity contribution in [3.8, 4) is 0 Å². The molecule has 25 valence electrons. The quantitative estimate of drug-likeness (QED) is 0.326. The SMILES string of the molecule is [Fe].[H-].[Li+].[O]=[Co]. The fraction of sp³-hybridized carbons (Fsp3) is 0. The monoisotopic (exact) mass is 139 g/mol. The van der Waals surface area contributed by atoms with E-state index in [1.54, 1.807) is 0 Å². The molecule has 0 amide bonds. The second-order valence-corrected chi connectivity index (χ2v) is 0. The molecule has 0 radical (unpaired) electrons. The third-order valence-corrected chi connectivity index (χ3v) is 0. The van der Waals surface area contributed by atoms with Gasteiger partial charge in [-0.3, -0.25) is 0 Å². The van der Waals surface area contributed by atoms with Gasteiger partial charge in [0.2, 0.25) is 0 Å². The second kappa shape index (κ2) is 25.6. The summed E-state index contributed by atoms with van der Waals surface area (Å²) in [6, 6.07) is 0. The van der Waals surface area contributed by atoms with Crippen LogP contribution in [0.15, 0.2) is 0 Å². The van der Waals surface area contributed by atoms with E-state index in [9.17, 15) is 0 Å². The molecule has 0 aromatic carbocycles. The van der Waals surface area contributed by atoms with Crippen LogP contribution in [-0.4, -0.2) is 0 Å². The predicted octanol–water partition coefficient (Wildman–Crippen LogP) is -3.01. The summed E-state index contributed by atoms with van der Waals surface area (Å²) in [4.78, 5) is 0. The van der Waals surface area contributed by atoms with Gasteiger partial charge in [-0.1, -0.05) is 0 Å². The Hall–Kier alpha value is 1.42. The van der Waals surface area contributed by atoms with E-state index in [4.69, 9.17) is 3.87 Å². The van der Waals surface area contributed by atoms with Crippen molar-refractivity contribution in [3.05, 3.63) is 0 Å². The molecule has 0 aliphatic carbocycles. The summed E-state index contributed by atoms with van der Waals surface area (Å²) in [5.41, 5.74) is 0. The summed E-state index contributed by atoms with van der Waals surface area (Å²) in [5, 5.41) is 0. The maximum atomic E-state index is 7.94. The summed E-state index contributed by atoms with van der Waals surface area (Å²) < 4.78 is 7.94. The Bertz CT molecular complexity index is 11.6. The van der Waals surface area contributed by atoms with Crippen LogP contribution < -0.4 is 18.9 Å². The van der Waals surface area contributed by atoms with E-state index in [1.807, 2.05) is 0 Å². The van der Waals surface area contributed by atoms with E-state index in [0.29, 0.717) is 0 Å². The van der Waals surface area contributed by atoms with Gasteiger partial charge < -0.3 is 1.43 Å². The van der Waals surface area contributed by atoms with Crippen molar-refractivity contribution in [3.63, 3.8) is 0 Å². The van der Waals surface area contributed by atoms with Crippen molar-refractivity contribution in [2.75, 3.05) is 0 Å². The molecule has 0 aliphatic heterocycles. The van der Waals surface area contributed by atoms with Crippen molar-refractivity contribution in [1.29, 1.82) is 0 Å².